The molecule has 3 rings (SSSR count). The number of aliphatic hydroxyl groups excluding tert-OH is 10. The second-order valence-corrected chi connectivity index (χ2v) is 14.8. The van der Waals surface area contributed by atoms with Gasteiger partial charge in [-0.3, -0.25) is 14.6 Å². The molecule has 3 heterocycles. The molecule has 2 amide bonds. The van der Waals surface area contributed by atoms with Gasteiger partial charge in [-0.25, -0.2) is 14.4 Å². The minimum Gasteiger partial charge on any atom is -0.862 e. The Morgan fingerprint density at radius 2 is 1.07 bits per heavy atom. The molecule has 0 aromatic heterocycles. The first-order valence-electron chi connectivity index (χ1n) is 18.4. The number of rotatable bonds is 19. The highest BCUT2D eigenvalue weighted by atomic mass is 16.8. The Bertz CT molecular complexity index is 1600. The van der Waals surface area contributed by atoms with Crippen LogP contribution in [0.15, 0.2) is 4.99 Å². The molecule has 3 aliphatic rings. The number of nitrogens with one attached hydrogen (secondary N) is 2. The molecular weight excluding hydrogens is 838 g/mol. The summed E-state index contributed by atoms with van der Waals surface area (Å²) in [5.74, 6) is -19.1. The van der Waals surface area contributed by atoms with Gasteiger partial charge in [0.25, 0.3) is 17.4 Å². The largest absolute Gasteiger partial charge is 0.862 e. The maximum absolute atomic E-state index is 13.0. The van der Waals surface area contributed by atoms with Crippen LogP contribution in [-0.2, 0) is 47.7 Å². The standard InChI is InChI=1S/C33H53N3O25/c1-10(40)34-19-13(43)4-31(56,28(50)51)59-26(19)23(48)17(8-38)57-33(30(54)55)6-15(45)21(36-12(3)42)27(61-33)24(49)18(9-39)58-32(29(52)53)5-14(44)20(35-11(2)41)25(60-32)22(47)16(46)7-37/h13-27,37-39,43-49,56H,4-9H2,1-3H3,(H,34,40)(H,35,41)(H,36,42)(H,50,51)(H,52,53)(H,54,55)/p-1/t13-,14-,15-,16+,17+,18+,19+,20+,21+,22+,23+,24+,25+,26+,27+,31-,32+,33+/m0/s1. The van der Waals surface area contributed by atoms with Crippen LogP contribution in [0.4, 0.5) is 0 Å². The SMILES string of the molecule is CC(=O)N[C@H]1[C@H]([C@H](O)[C@H](O)CO)O[C@@](O[C@H](CO)[C@@H](O)[C@@H]2O[C@@](O[C@H](CO)[C@@H](O)[C@@H]3O[C@](O)(C(=O)O)C[C@H](O)[C@H]3N=C(C)[O-])(C(=O)O)C[C@H](O)[C@H]2NC(C)=O)(C(=O)O)C[C@@H]1O. The third kappa shape index (κ3) is 11.4. The van der Waals surface area contributed by atoms with Crippen LogP contribution >= 0.6 is 0 Å². The summed E-state index contributed by atoms with van der Waals surface area (Å²) in [7, 11) is 0. The van der Waals surface area contributed by atoms with Crippen LogP contribution in [0.2, 0.25) is 0 Å². The van der Waals surface area contributed by atoms with E-state index in [1.165, 1.54) is 0 Å². The van der Waals surface area contributed by atoms with E-state index in [1.54, 1.807) is 0 Å². The van der Waals surface area contributed by atoms with Crippen LogP contribution < -0.4 is 15.7 Å². The maximum Gasteiger partial charge on any atom is 0.364 e. The molecule has 3 saturated heterocycles. The fourth-order valence-corrected chi connectivity index (χ4v) is 7.26. The van der Waals surface area contributed by atoms with Gasteiger partial charge in [-0.2, -0.15) is 0 Å². The number of nitrogens with zero attached hydrogens (tertiary/aromatic N) is 1. The summed E-state index contributed by atoms with van der Waals surface area (Å²) < 4.78 is 27.2. The lowest BCUT2D eigenvalue weighted by Crippen LogP contribution is -2.71. The number of aliphatic imine (C=N–C) groups is 1. The molecule has 0 aromatic rings. The van der Waals surface area contributed by atoms with Gasteiger partial charge in [0.15, 0.2) is 0 Å². The molecule has 18 atom stereocenters. The van der Waals surface area contributed by atoms with Crippen LogP contribution in [0, 0.1) is 0 Å². The molecule has 0 spiro atoms. The summed E-state index contributed by atoms with van der Waals surface area (Å²) in [5.41, 5.74) is 0. The zero-order valence-corrected chi connectivity index (χ0v) is 32.6. The molecule has 61 heavy (non-hydrogen) atoms. The molecule has 28 heteroatoms. The molecule has 0 aromatic carbocycles. The summed E-state index contributed by atoms with van der Waals surface area (Å²) in [5, 5.41) is 164. The molecule has 28 nitrogen and oxygen atoms in total. The number of aliphatic hydroxyl groups is 11. The van der Waals surface area contributed by atoms with Crippen molar-refractivity contribution in [3.05, 3.63) is 0 Å². The molecule has 16 N–H and O–H groups in total. The summed E-state index contributed by atoms with van der Waals surface area (Å²) in [6.07, 6.45) is -30.7. The van der Waals surface area contributed by atoms with Gasteiger partial charge in [-0.1, -0.05) is 0 Å². The molecule has 3 aliphatic heterocycles. The number of aliphatic carboxylic acids is 3. The van der Waals surface area contributed by atoms with E-state index in [4.69, 9.17) is 23.7 Å². The highest BCUT2D eigenvalue weighted by Crippen LogP contribution is 2.40. The van der Waals surface area contributed by atoms with Crippen LogP contribution in [0.1, 0.15) is 40.0 Å². The summed E-state index contributed by atoms with van der Waals surface area (Å²) in [4.78, 5) is 65.4. The molecule has 0 unspecified atom stereocenters. The predicted octanol–water partition coefficient (Wildman–Crippen LogP) is -9.88. The Morgan fingerprint density at radius 1 is 0.656 bits per heavy atom. The Hall–Kier alpha value is -3.82. The number of hydrogen-bond acceptors (Lipinski definition) is 23. The quantitative estimate of drug-likeness (QED) is 0.0423. The molecular formula is C33H52N3O25-. The van der Waals surface area contributed by atoms with Crippen molar-refractivity contribution in [2.75, 3.05) is 19.8 Å². The van der Waals surface area contributed by atoms with Gasteiger partial charge >= 0.3 is 17.9 Å². The van der Waals surface area contributed by atoms with Crippen molar-refractivity contribution in [3.63, 3.8) is 0 Å². The van der Waals surface area contributed by atoms with Crippen molar-refractivity contribution in [1.29, 1.82) is 0 Å². The lowest BCUT2D eigenvalue weighted by Gasteiger charge is -2.50. The number of carboxylic acids is 3. The smallest absolute Gasteiger partial charge is 0.364 e. The lowest BCUT2D eigenvalue weighted by atomic mass is 9.87. The third-order valence-corrected chi connectivity index (χ3v) is 10.1. The average Bonchev–Trinajstić information content (AvgIpc) is 3.17. The van der Waals surface area contributed by atoms with Crippen molar-refractivity contribution >= 4 is 35.6 Å². The monoisotopic (exact) mass is 890 g/mol. The van der Waals surface area contributed by atoms with E-state index in [0.717, 1.165) is 20.8 Å². The number of ether oxygens (including phenoxy) is 5. The van der Waals surface area contributed by atoms with E-state index in [1.807, 2.05) is 0 Å². The summed E-state index contributed by atoms with van der Waals surface area (Å²) in [6.45, 7) is -1.28. The normalized spacial score (nSPS) is 37.6. The number of carbonyl (C=O) groups is 5. The second-order valence-electron chi connectivity index (χ2n) is 14.8. The van der Waals surface area contributed by atoms with Gasteiger partial charge in [0, 0.05) is 33.1 Å². The summed E-state index contributed by atoms with van der Waals surface area (Å²) >= 11 is 0. The Labute approximate surface area is 344 Å². The minimum atomic E-state index is -3.36. The third-order valence-electron chi connectivity index (χ3n) is 10.1. The molecule has 3 fully saturated rings. The van der Waals surface area contributed by atoms with Crippen molar-refractivity contribution in [1.82, 2.24) is 10.6 Å². The first kappa shape index (κ1) is 51.5. The Morgan fingerprint density at radius 3 is 1.41 bits per heavy atom. The fraction of sp³-hybridized carbons (Fsp3) is 0.818. The van der Waals surface area contributed by atoms with Crippen molar-refractivity contribution in [2.24, 2.45) is 4.99 Å². The van der Waals surface area contributed by atoms with E-state index in [-0.39, 0.29) is 0 Å². The van der Waals surface area contributed by atoms with E-state index in [0.29, 0.717) is 0 Å². The molecule has 0 bridgehead atoms. The molecule has 0 saturated carbocycles. The van der Waals surface area contributed by atoms with Gasteiger partial charge in [-0.15, -0.1) is 0 Å². The average molecular weight is 891 g/mol. The van der Waals surface area contributed by atoms with E-state index in [2.05, 4.69) is 15.6 Å². The van der Waals surface area contributed by atoms with Gasteiger partial charge in [0.1, 0.15) is 61.0 Å². The van der Waals surface area contributed by atoms with Gasteiger partial charge in [0.05, 0.1) is 50.2 Å². The van der Waals surface area contributed by atoms with Crippen LogP contribution in [0.5, 0.6) is 0 Å². The van der Waals surface area contributed by atoms with E-state index in [9.17, 15) is 101 Å². The molecule has 350 valence electrons. The number of carbonyl (C=O) groups excluding carboxylic acids is 2. The van der Waals surface area contributed by atoms with Crippen molar-refractivity contribution in [2.45, 2.75) is 149 Å². The number of hydrogen-bond donors (Lipinski definition) is 16. The van der Waals surface area contributed by atoms with E-state index < -0.39 is 183 Å². The predicted molar refractivity (Wildman–Crippen MR) is 187 cm³/mol. The summed E-state index contributed by atoms with van der Waals surface area (Å²) in [6, 6.07) is -5.47. The molecule has 0 radical (unpaired) electrons. The fourth-order valence-electron chi connectivity index (χ4n) is 7.26. The minimum absolute atomic E-state index is 0.843. The zero-order chi connectivity index (χ0) is 46.5. The number of carboxylic acid groups (broad SMARTS) is 3. The Balaban J connectivity index is 2.09. The highest BCUT2D eigenvalue weighted by molar-refractivity contribution is 5.78. The van der Waals surface area contributed by atoms with Gasteiger partial charge in [-0.05, 0) is 12.8 Å². The van der Waals surface area contributed by atoms with Crippen LogP contribution in [0.3, 0.4) is 0 Å². The molecule has 0 aliphatic carbocycles. The van der Waals surface area contributed by atoms with Crippen LogP contribution in [-0.4, -0.2) is 236 Å². The van der Waals surface area contributed by atoms with Crippen molar-refractivity contribution in [3.8, 4) is 0 Å². The van der Waals surface area contributed by atoms with E-state index >= 15 is 0 Å². The lowest BCUT2D eigenvalue weighted by molar-refractivity contribution is -0.356. The topological polar surface area (TPSA) is 474 Å². The first-order valence-corrected chi connectivity index (χ1v) is 18.4. The number of amides is 2. The highest BCUT2D eigenvalue weighted by Gasteiger charge is 2.61. The zero-order valence-electron chi connectivity index (χ0n) is 32.6. The van der Waals surface area contributed by atoms with Crippen LogP contribution in [0.25, 0.3) is 0 Å². The van der Waals surface area contributed by atoms with Crippen molar-refractivity contribution < 1.29 is 124 Å². The second kappa shape index (κ2) is 20.6. The van der Waals surface area contributed by atoms with Gasteiger partial charge in [0.2, 0.25) is 11.8 Å². The first-order chi connectivity index (χ1) is 28.2. The van der Waals surface area contributed by atoms with Gasteiger partial charge < -0.3 is 111 Å². The Kier molecular flexibility index (Phi) is 17.4. The maximum atomic E-state index is 13.0.